The van der Waals surface area contributed by atoms with E-state index in [1.807, 2.05) is 18.2 Å². The second-order valence-corrected chi connectivity index (χ2v) is 5.43. The number of benzene rings is 1. The fourth-order valence-electron chi connectivity index (χ4n) is 2.49. The van der Waals surface area contributed by atoms with Crippen LogP contribution in [0.4, 0.5) is 0 Å². The fourth-order valence-corrected chi connectivity index (χ4v) is 2.68. The summed E-state index contributed by atoms with van der Waals surface area (Å²) >= 11 is 6.02. The Bertz CT molecular complexity index is 442. The van der Waals surface area contributed by atoms with Crippen LogP contribution in [0.1, 0.15) is 37.7 Å². The van der Waals surface area contributed by atoms with Gasteiger partial charge >= 0.3 is 0 Å². The van der Waals surface area contributed by atoms with Crippen LogP contribution in [0.15, 0.2) is 29.8 Å². The van der Waals surface area contributed by atoms with Crippen LogP contribution in [0, 0.1) is 0 Å². The molecule has 1 aromatic rings. The number of rotatable bonds is 6. The summed E-state index contributed by atoms with van der Waals surface area (Å²) in [5.41, 5.74) is 2.73. The number of methoxy groups -OCH3 is 1. The van der Waals surface area contributed by atoms with Crippen molar-refractivity contribution in [2.24, 2.45) is 0 Å². The molecule has 0 aliphatic heterocycles. The second-order valence-electron chi connectivity index (χ2n) is 4.99. The Morgan fingerprint density at radius 2 is 2.21 bits per heavy atom. The highest BCUT2D eigenvalue weighted by Gasteiger charge is 2.05. The molecule has 0 saturated heterocycles. The van der Waals surface area contributed by atoms with Crippen molar-refractivity contribution in [1.82, 2.24) is 5.32 Å². The highest BCUT2D eigenvalue weighted by Crippen LogP contribution is 2.23. The van der Waals surface area contributed by atoms with E-state index in [-0.39, 0.29) is 0 Å². The van der Waals surface area contributed by atoms with Gasteiger partial charge < -0.3 is 10.1 Å². The van der Waals surface area contributed by atoms with Gasteiger partial charge in [-0.2, -0.15) is 0 Å². The van der Waals surface area contributed by atoms with Crippen molar-refractivity contribution < 1.29 is 4.74 Å². The average molecular weight is 280 g/mol. The lowest BCUT2D eigenvalue weighted by atomic mass is 9.97. The lowest BCUT2D eigenvalue weighted by molar-refractivity contribution is 0.407. The molecule has 0 radical (unpaired) electrons. The molecule has 0 fully saturated rings. The SMILES string of the molecule is COc1ccc(Cl)cc1CNCCC1=CCCCC1. The molecule has 0 aromatic heterocycles. The third kappa shape index (κ3) is 4.55. The van der Waals surface area contributed by atoms with E-state index in [9.17, 15) is 0 Å². The number of nitrogens with one attached hydrogen (secondary N) is 1. The largest absolute Gasteiger partial charge is 0.496 e. The smallest absolute Gasteiger partial charge is 0.123 e. The van der Waals surface area contributed by atoms with E-state index in [0.717, 1.165) is 35.8 Å². The highest BCUT2D eigenvalue weighted by atomic mass is 35.5. The summed E-state index contributed by atoms with van der Waals surface area (Å²) in [4.78, 5) is 0. The van der Waals surface area contributed by atoms with Gasteiger partial charge in [-0.25, -0.2) is 0 Å². The summed E-state index contributed by atoms with van der Waals surface area (Å²) in [5.74, 6) is 0.897. The van der Waals surface area contributed by atoms with Crippen molar-refractivity contribution in [1.29, 1.82) is 0 Å². The molecule has 0 unspecified atom stereocenters. The lowest BCUT2D eigenvalue weighted by Crippen LogP contribution is -2.16. The van der Waals surface area contributed by atoms with Crippen LogP contribution >= 0.6 is 11.6 Å². The highest BCUT2D eigenvalue weighted by molar-refractivity contribution is 6.30. The molecule has 2 nitrogen and oxygen atoms in total. The molecule has 0 saturated carbocycles. The van der Waals surface area contributed by atoms with Crippen molar-refractivity contribution in [2.75, 3.05) is 13.7 Å². The topological polar surface area (TPSA) is 21.3 Å². The van der Waals surface area contributed by atoms with Gasteiger partial charge in [-0.1, -0.05) is 23.3 Å². The molecule has 19 heavy (non-hydrogen) atoms. The molecule has 1 aliphatic carbocycles. The van der Waals surface area contributed by atoms with Gasteiger partial charge in [0, 0.05) is 17.1 Å². The zero-order valence-electron chi connectivity index (χ0n) is 11.5. The van der Waals surface area contributed by atoms with Crippen LogP contribution in [0.25, 0.3) is 0 Å². The third-order valence-corrected chi connectivity index (χ3v) is 3.80. The molecule has 0 amide bonds. The normalized spacial score (nSPS) is 15.2. The predicted octanol–water partition coefficient (Wildman–Crippen LogP) is 4.33. The summed E-state index contributed by atoms with van der Waals surface area (Å²) in [7, 11) is 1.69. The lowest BCUT2D eigenvalue weighted by Gasteiger charge is -2.14. The summed E-state index contributed by atoms with van der Waals surface area (Å²) < 4.78 is 5.34. The minimum absolute atomic E-state index is 0.757. The molecular weight excluding hydrogens is 258 g/mol. The zero-order chi connectivity index (χ0) is 13.5. The Labute approximate surface area is 120 Å². The van der Waals surface area contributed by atoms with Gasteiger partial charge in [0.1, 0.15) is 5.75 Å². The van der Waals surface area contributed by atoms with Gasteiger partial charge in [0.2, 0.25) is 0 Å². The predicted molar refractivity (Wildman–Crippen MR) is 80.9 cm³/mol. The summed E-state index contributed by atoms with van der Waals surface area (Å²) in [5, 5.41) is 4.23. The Hall–Kier alpha value is -0.990. The molecule has 0 spiro atoms. The van der Waals surface area contributed by atoms with Crippen molar-refractivity contribution in [2.45, 2.75) is 38.6 Å². The Morgan fingerprint density at radius 3 is 2.95 bits per heavy atom. The number of allylic oxidation sites excluding steroid dienone is 1. The monoisotopic (exact) mass is 279 g/mol. The maximum absolute atomic E-state index is 6.02. The van der Waals surface area contributed by atoms with Gasteiger partial charge in [0.25, 0.3) is 0 Å². The summed E-state index contributed by atoms with van der Waals surface area (Å²) in [6.07, 6.45) is 8.82. The minimum atomic E-state index is 0.757. The fraction of sp³-hybridized carbons (Fsp3) is 0.500. The van der Waals surface area contributed by atoms with Crippen molar-refractivity contribution in [3.8, 4) is 5.75 Å². The van der Waals surface area contributed by atoms with E-state index in [1.54, 1.807) is 12.7 Å². The average Bonchev–Trinajstić information content (AvgIpc) is 2.45. The third-order valence-electron chi connectivity index (χ3n) is 3.57. The Kier molecular flexibility index (Phi) is 5.74. The molecule has 1 N–H and O–H groups in total. The molecule has 104 valence electrons. The van der Waals surface area contributed by atoms with E-state index in [1.165, 1.54) is 25.7 Å². The van der Waals surface area contributed by atoms with Crippen LogP contribution in [0.5, 0.6) is 5.75 Å². The second kappa shape index (κ2) is 7.56. The van der Waals surface area contributed by atoms with Crippen molar-refractivity contribution in [3.63, 3.8) is 0 Å². The van der Waals surface area contributed by atoms with Gasteiger partial charge in [0.05, 0.1) is 7.11 Å². The molecule has 0 bridgehead atoms. The number of ether oxygens (including phenoxy) is 1. The molecule has 1 aliphatic rings. The van der Waals surface area contributed by atoms with Crippen LogP contribution in [0.3, 0.4) is 0 Å². The quantitative estimate of drug-likeness (QED) is 0.618. The van der Waals surface area contributed by atoms with Gasteiger partial charge in [-0.05, 0) is 56.8 Å². The molecule has 0 atom stereocenters. The zero-order valence-corrected chi connectivity index (χ0v) is 12.3. The maximum Gasteiger partial charge on any atom is 0.123 e. The van der Waals surface area contributed by atoms with Crippen LogP contribution in [-0.2, 0) is 6.54 Å². The molecule has 1 aromatic carbocycles. The van der Waals surface area contributed by atoms with Crippen molar-refractivity contribution in [3.05, 3.63) is 40.4 Å². The summed E-state index contributed by atoms with van der Waals surface area (Å²) in [6, 6.07) is 5.74. The van der Waals surface area contributed by atoms with E-state index in [0.29, 0.717) is 0 Å². The van der Waals surface area contributed by atoms with E-state index < -0.39 is 0 Å². The van der Waals surface area contributed by atoms with Gasteiger partial charge in [0.15, 0.2) is 0 Å². The minimum Gasteiger partial charge on any atom is -0.496 e. The molecule has 0 heterocycles. The van der Waals surface area contributed by atoms with E-state index in [4.69, 9.17) is 16.3 Å². The van der Waals surface area contributed by atoms with Crippen LogP contribution in [-0.4, -0.2) is 13.7 Å². The van der Waals surface area contributed by atoms with Gasteiger partial charge in [-0.3, -0.25) is 0 Å². The Morgan fingerprint density at radius 1 is 1.32 bits per heavy atom. The number of halogens is 1. The number of hydrogen-bond acceptors (Lipinski definition) is 2. The van der Waals surface area contributed by atoms with Gasteiger partial charge in [-0.15, -0.1) is 0 Å². The first kappa shape index (κ1) is 14.4. The summed E-state index contributed by atoms with van der Waals surface area (Å²) in [6.45, 7) is 1.82. The Balaban J connectivity index is 1.79. The maximum atomic E-state index is 6.02. The van der Waals surface area contributed by atoms with E-state index >= 15 is 0 Å². The number of hydrogen-bond donors (Lipinski definition) is 1. The first-order chi connectivity index (χ1) is 9.29. The molecular formula is C16H22ClNO. The molecule has 2 rings (SSSR count). The standard InChI is InChI=1S/C16H22ClNO/c1-19-16-8-7-15(17)11-14(16)12-18-10-9-13-5-3-2-4-6-13/h5,7-8,11,18H,2-4,6,9-10,12H2,1H3. The van der Waals surface area contributed by atoms with Crippen molar-refractivity contribution >= 4 is 11.6 Å². The van der Waals surface area contributed by atoms with E-state index in [2.05, 4.69) is 11.4 Å². The first-order valence-corrected chi connectivity index (χ1v) is 7.38. The van der Waals surface area contributed by atoms with Crippen LogP contribution < -0.4 is 10.1 Å². The molecule has 3 heteroatoms. The van der Waals surface area contributed by atoms with Crippen LogP contribution in [0.2, 0.25) is 5.02 Å². The first-order valence-electron chi connectivity index (χ1n) is 7.00.